The van der Waals surface area contributed by atoms with E-state index >= 15 is 0 Å². The molecule has 1 atom stereocenters. The molecule has 30 heavy (non-hydrogen) atoms. The lowest BCUT2D eigenvalue weighted by molar-refractivity contribution is -0.132. The van der Waals surface area contributed by atoms with Gasteiger partial charge in [-0.2, -0.15) is 4.31 Å². The van der Waals surface area contributed by atoms with E-state index in [0.717, 1.165) is 17.4 Å². The third-order valence-electron chi connectivity index (χ3n) is 5.59. The number of ether oxygens (including phenoxy) is 1. The van der Waals surface area contributed by atoms with Crippen molar-refractivity contribution < 1.29 is 22.3 Å². The van der Waals surface area contributed by atoms with Crippen LogP contribution in [-0.4, -0.2) is 38.8 Å². The van der Waals surface area contributed by atoms with Crippen LogP contribution in [0.1, 0.15) is 30.9 Å². The van der Waals surface area contributed by atoms with Crippen LogP contribution >= 0.6 is 0 Å². The number of piperidine rings is 1. The van der Waals surface area contributed by atoms with E-state index < -0.39 is 21.3 Å². The molecule has 1 aliphatic rings. The molecule has 0 spiro atoms. The summed E-state index contributed by atoms with van der Waals surface area (Å²) < 4.78 is 46.4. The molecule has 0 radical (unpaired) electrons. The Balaban J connectivity index is 1.73. The Morgan fingerprint density at radius 2 is 1.93 bits per heavy atom. The minimum absolute atomic E-state index is 0.0506. The molecule has 0 saturated carbocycles. The zero-order valence-corrected chi connectivity index (χ0v) is 18.3. The summed E-state index contributed by atoms with van der Waals surface area (Å²) in [6.07, 6.45) is 1.13. The van der Waals surface area contributed by atoms with Crippen molar-refractivity contribution in [1.82, 2.24) is 9.62 Å². The van der Waals surface area contributed by atoms with Crippen molar-refractivity contribution in [3.8, 4) is 5.75 Å². The maximum Gasteiger partial charge on any atom is 0.243 e. The molecule has 0 bridgehead atoms. The third-order valence-corrected chi connectivity index (χ3v) is 7.58. The van der Waals surface area contributed by atoms with Crippen LogP contribution in [0.5, 0.6) is 5.75 Å². The number of aryl methyl sites for hydroxylation is 1. The summed E-state index contributed by atoms with van der Waals surface area (Å²) in [4.78, 5) is 12.9. The molecule has 1 aliphatic heterocycles. The minimum atomic E-state index is -3.90. The average molecular weight is 435 g/mol. The largest absolute Gasteiger partial charge is 0.497 e. The predicted octanol–water partition coefficient (Wildman–Crippen LogP) is 3.25. The summed E-state index contributed by atoms with van der Waals surface area (Å²) >= 11 is 0. The summed E-state index contributed by atoms with van der Waals surface area (Å²) in [6.45, 7) is 4.11. The molecule has 1 N–H and O–H groups in total. The van der Waals surface area contributed by atoms with E-state index in [1.54, 1.807) is 21.0 Å². The van der Waals surface area contributed by atoms with E-state index in [4.69, 9.17) is 4.74 Å². The van der Waals surface area contributed by atoms with Crippen LogP contribution in [0.3, 0.4) is 0 Å². The Hall–Kier alpha value is -2.45. The van der Waals surface area contributed by atoms with Crippen molar-refractivity contribution >= 4 is 15.9 Å². The lowest BCUT2D eigenvalue weighted by Gasteiger charge is -2.38. The van der Waals surface area contributed by atoms with Gasteiger partial charge in [-0.25, -0.2) is 12.8 Å². The van der Waals surface area contributed by atoms with Crippen molar-refractivity contribution in [2.45, 2.75) is 38.1 Å². The molecule has 6 nitrogen and oxygen atoms in total. The van der Waals surface area contributed by atoms with Crippen molar-refractivity contribution in [2.24, 2.45) is 5.41 Å². The molecule has 1 heterocycles. The molecule has 3 rings (SSSR count). The molecule has 0 aliphatic carbocycles. The summed E-state index contributed by atoms with van der Waals surface area (Å²) in [6, 6.07) is 11.1. The highest BCUT2D eigenvalue weighted by molar-refractivity contribution is 7.89. The van der Waals surface area contributed by atoms with E-state index in [2.05, 4.69) is 5.32 Å². The maximum atomic E-state index is 13.7. The Kier molecular flexibility index (Phi) is 6.47. The summed E-state index contributed by atoms with van der Waals surface area (Å²) in [7, 11) is -2.31. The minimum Gasteiger partial charge on any atom is -0.497 e. The van der Waals surface area contributed by atoms with E-state index in [9.17, 15) is 17.6 Å². The van der Waals surface area contributed by atoms with Crippen molar-refractivity contribution in [2.75, 3.05) is 20.2 Å². The Bertz CT molecular complexity index is 1020. The first-order valence-electron chi connectivity index (χ1n) is 9.83. The zero-order valence-electron chi connectivity index (χ0n) is 17.4. The van der Waals surface area contributed by atoms with Gasteiger partial charge in [0.15, 0.2) is 0 Å². The molecule has 1 unspecified atom stereocenters. The first-order chi connectivity index (χ1) is 14.2. The standard InChI is InChI=1S/C22H27FN2O4S/c1-16-5-8-18(23)13-20(16)30(27,28)25-12-4-11-22(2,15-25)21(26)24-14-17-6-9-19(29-3)10-7-17/h5-10,13H,4,11-12,14-15H2,1-3H3,(H,24,26). The molecule has 2 aromatic rings. The van der Waals surface area contributed by atoms with Gasteiger partial charge in [0.1, 0.15) is 11.6 Å². The molecule has 1 saturated heterocycles. The number of nitrogens with one attached hydrogen (secondary N) is 1. The van der Waals surface area contributed by atoms with Crippen LogP contribution in [0.2, 0.25) is 0 Å². The third kappa shape index (κ3) is 4.65. The average Bonchev–Trinajstić information content (AvgIpc) is 2.74. The fourth-order valence-electron chi connectivity index (χ4n) is 3.71. The van der Waals surface area contributed by atoms with Crippen LogP contribution in [0.15, 0.2) is 47.4 Å². The van der Waals surface area contributed by atoms with E-state index in [1.165, 1.54) is 16.4 Å². The van der Waals surface area contributed by atoms with Gasteiger partial charge in [0, 0.05) is 19.6 Å². The van der Waals surface area contributed by atoms with Gasteiger partial charge in [-0.1, -0.05) is 18.2 Å². The number of rotatable bonds is 6. The maximum absolute atomic E-state index is 13.7. The van der Waals surface area contributed by atoms with Crippen molar-refractivity contribution in [1.29, 1.82) is 0 Å². The Morgan fingerprint density at radius 3 is 2.60 bits per heavy atom. The number of carbonyl (C=O) groups is 1. The number of nitrogens with zero attached hydrogens (tertiary/aromatic N) is 1. The number of benzene rings is 2. The van der Waals surface area contributed by atoms with Gasteiger partial charge in [0.05, 0.1) is 17.4 Å². The highest BCUT2D eigenvalue weighted by atomic mass is 32.2. The number of sulfonamides is 1. The van der Waals surface area contributed by atoms with Gasteiger partial charge in [0.25, 0.3) is 0 Å². The highest BCUT2D eigenvalue weighted by Gasteiger charge is 2.42. The second-order valence-electron chi connectivity index (χ2n) is 7.94. The van der Waals surface area contributed by atoms with Crippen LogP contribution in [0, 0.1) is 18.2 Å². The second kappa shape index (κ2) is 8.73. The molecular weight excluding hydrogens is 407 g/mol. The van der Waals surface area contributed by atoms with Crippen molar-refractivity contribution in [3.63, 3.8) is 0 Å². The van der Waals surface area contributed by atoms with Gasteiger partial charge in [0.2, 0.25) is 15.9 Å². The Morgan fingerprint density at radius 1 is 1.23 bits per heavy atom. The lowest BCUT2D eigenvalue weighted by atomic mass is 9.82. The summed E-state index contributed by atoms with van der Waals surface area (Å²) in [5.74, 6) is -0.0665. The number of methoxy groups -OCH3 is 1. The molecule has 162 valence electrons. The highest BCUT2D eigenvalue weighted by Crippen LogP contribution is 2.33. The SMILES string of the molecule is COc1ccc(CNC(=O)C2(C)CCCN(S(=O)(=O)c3cc(F)ccc3C)C2)cc1. The number of halogens is 1. The number of amides is 1. The van der Waals surface area contributed by atoms with Crippen LogP contribution < -0.4 is 10.1 Å². The van der Waals surface area contributed by atoms with Gasteiger partial charge in [-0.15, -0.1) is 0 Å². The van der Waals surface area contributed by atoms with E-state index in [0.29, 0.717) is 31.5 Å². The normalized spacial score (nSPS) is 20.0. The molecule has 8 heteroatoms. The fourth-order valence-corrected chi connectivity index (χ4v) is 5.55. The van der Waals surface area contributed by atoms with Gasteiger partial charge >= 0.3 is 0 Å². The van der Waals surface area contributed by atoms with Crippen molar-refractivity contribution in [3.05, 3.63) is 59.4 Å². The first-order valence-corrected chi connectivity index (χ1v) is 11.3. The smallest absolute Gasteiger partial charge is 0.243 e. The molecular formula is C22H27FN2O4S. The zero-order chi connectivity index (χ0) is 21.9. The monoisotopic (exact) mass is 434 g/mol. The first kappa shape index (κ1) is 22.2. The van der Waals surface area contributed by atoms with E-state index in [-0.39, 0.29) is 17.3 Å². The van der Waals surface area contributed by atoms with Crippen LogP contribution in [0.25, 0.3) is 0 Å². The Labute approximate surface area is 177 Å². The fraction of sp³-hybridized carbons (Fsp3) is 0.409. The number of hydrogen-bond acceptors (Lipinski definition) is 4. The lowest BCUT2D eigenvalue weighted by Crippen LogP contribution is -2.51. The van der Waals surface area contributed by atoms with Crippen LogP contribution in [-0.2, 0) is 21.4 Å². The van der Waals surface area contributed by atoms with Gasteiger partial charge < -0.3 is 10.1 Å². The molecule has 2 aromatic carbocycles. The summed E-state index contributed by atoms with van der Waals surface area (Å²) in [5.41, 5.74) is 0.537. The molecule has 0 aromatic heterocycles. The number of hydrogen-bond donors (Lipinski definition) is 1. The van der Waals surface area contributed by atoms with Crippen LogP contribution in [0.4, 0.5) is 4.39 Å². The van der Waals surface area contributed by atoms with Gasteiger partial charge in [-0.05, 0) is 62.1 Å². The topological polar surface area (TPSA) is 75.7 Å². The predicted molar refractivity (Wildman–Crippen MR) is 112 cm³/mol. The summed E-state index contributed by atoms with van der Waals surface area (Å²) in [5, 5.41) is 2.92. The number of carbonyl (C=O) groups excluding carboxylic acids is 1. The second-order valence-corrected chi connectivity index (χ2v) is 9.85. The van der Waals surface area contributed by atoms with E-state index in [1.807, 2.05) is 24.3 Å². The quantitative estimate of drug-likeness (QED) is 0.757. The van der Waals surface area contributed by atoms with Gasteiger partial charge in [-0.3, -0.25) is 4.79 Å². The molecule has 1 amide bonds. The molecule has 1 fully saturated rings.